The van der Waals surface area contributed by atoms with E-state index in [1.54, 1.807) is 12.1 Å². The summed E-state index contributed by atoms with van der Waals surface area (Å²) in [6.07, 6.45) is 4.27. The molecular weight excluding hydrogens is 422 g/mol. The molecule has 0 saturated heterocycles. The van der Waals surface area contributed by atoms with Crippen LogP contribution in [-0.2, 0) is 5.41 Å². The predicted octanol–water partition coefficient (Wildman–Crippen LogP) is 6.77. The van der Waals surface area contributed by atoms with E-state index < -0.39 is 0 Å². The molecule has 1 aliphatic heterocycles. The second-order valence-corrected chi connectivity index (χ2v) is 9.04. The van der Waals surface area contributed by atoms with Gasteiger partial charge in [-0.3, -0.25) is 10.1 Å². The summed E-state index contributed by atoms with van der Waals surface area (Å²) in [5, 5.41) is 11.3. The highest BCUT2D eigenvalue weighted by molar-refractivity contribution is 6.05. The number of non-ortho nitro benzene ring substituents is 1. The van der Waals surface area contributed by atoms with E-state index in [2.05, 4.69) is 83.7 Å². The van der Waals surface area contributed by atoms with Crippen molar-refractivity contribution >= 4 is 23.2 Å². The zero-order chi connectivity index (χ0) is 23.9. The van der Waals surface area contributed by atoms with E-state index >= 15 is 0 Å². The Morgan fingerprint density at radius 3 is 2.24 bits per heavy atom. The summed E-state index contributed by atoms with van der Waals surface area (Å²) in [6.45, 7) is 4.23. The molecule has 3 aromatic carbocycles. The molecule has 34 heavy (non-hydrogen) atoms. The van der Waals surface area contributed by atoms with Crippen molar-refractivity contribution < 1.29 is 9.50 Å². The van der Waals surface area contributed by atoms with Crippen molar-refractivity contribution in [3.05, 3.63) is 118 Å². The van der Waals surface area contributed by atoms with Crippen molar-refractivity contribution in [2.75, 3.05) is 7.05 Å². The minimum Gasteiger partial charge on any atom is -0.310 e. The highest BCUT2D eigenvalue weighted by Gasteiger charge is 2.43. The van der Waals surface area contributed by atoms with E-state index in [0.717, 1.165) is 39.6 Å². The van der Waals surface area contributed by atoms with Gasteiger partial charge < -0.3 is 4.57 Å². The summed E-state index contributed by atoms with van der Waals surface area (Å²) >= 11 is 0. The molecule has 0 unspecified atom stereocenters. The highest BCUT2D eigenvalue weighted by Crippen LogP contribution is 2.41. The molecule has 0 aliphatic carbocycles. The first kappa shape index (κ1) is 21.6. The SMILES string of the molecule is C[N+]1=C(C=Cc2ccc(-c3ccccc3)n2-c2ccccc2)C(C)(C)c2cc([N+](=O)[O-])ccc21. The number of nitro benzene ring substituents is 1. The van der Waals surface area contributed by atoms with Gasteiger partial charge in [0.2, 0.25) is 5.69 Å². The molecule has 0 atom stereocenters. The van der Waals surface area contributed by atoms with E-state index in [4.69, 9.17) is 0 Å². The fourth-order valence-electron chi connectivity index (χ4n) is 4.88. The lowest BCUT2D eigenvalue weighted by Crippen LogP contribution is -2.26. The molecule has 2 heterocycles. The first-order valence-electron chi connectivity index (χ1n) is 11.3. The van der Waals surface area contributed by atoms with Crippen molar-refractivity contribution in [1.82, 2.24) is 4.57 Å². The molecule has 0 bridgehead atoms. The van der Waals surface area contributed by atoms with Gasteiger partial charge in [-0.1, -0.05) is 48.5 Å². The molecule has 0 amide bonds. The molecule has 0 saturated carbocycles. The molecular formula is C29H26N3O2+. The van der Waals surface area contributed by atoms with E-state index in [1.807, 2.05) is 37.4 Å². The van der Waals surface area contributed by atoms with Gasteiger partial charge in [-0.25, -0.2) is 0 Å². The van der Waals surface area contributed by atoms with Crippen LogP contribution in [0.15, 0.2) is 97.1 Å². The molecule has 1 aromatic heterocycles. The third-order valence-corrected chi connectivity index (χ3v) is 6.63. The second-order valence-electron chi connectivity index (χ2n) is 9.04. The number of fused-ring (bicyclic) bond motifs is 1. The highest BCUT2D eigenvalue weighted by atomic mass is 16.6. The van der Waals surface area contributed by atoms with E-state index in [0.29, 0.717) is 0 Å². The van der Waals surface area contributed by atoms with Crippen LogP contribution >= 0.6 is 0 Å². The van der Waals surface area contributed by atoms with Crippen LogP contribution in [0.3, 0.4) is 0 Å². The molecule has 5 heteroatoms. The minimum atomic E-state index is -0.362. The van der Waals surface area contributed by atoms with Crippen LogP contribution in [0.25, 0.3) is 23.0 Å². The molecule has 4 aromatic rings. The summed E-state index contributed by atoms with van der Waals surface area (Å²) in [6, 6.07) is 30.1. The molecule has 0 fully saturated rings. The quantitative estimate of drug-likeness (QED) is 0.192. The maximum atomic E-state index is 11.3. The zero-order valence-corrected chi connectivity index (χ0v) is 19.5. The van der Waals surface area contributed by atoms with Gasteiger partial charge in [0.25, 0.3) is 5.69 Å². The maximum Gasteiger partial charge on any atom is 0.270 e. The number of allylic oxidation sites excluding steroid dienone is 1. The van der Waals surface area contributed by atoms with Crippen molar-refractivity contribution in [1.29, 1.82) is 0 Å². The normalized spacial score (nSPS) is 14.6. The summed E-state index contributed by atoms with van der Waals surface area (Å²) in [4.78, 5) is 11.0. The number of para-hydroxylation sites is 1. The van der Waals surface area contributed by atoms with Crippen LogP contribution in [-0.4, -0.2) is 26.8 Å². The summed E-state index contributed by atoms with van der Waals surface area (Å²) in [5.41, 5.74) is 7.23. The van der Waals surface area contributed by atoms with Crippen LogP contribution in [0.5, 0.6) is 0 Å². The Kier molecular flexibility index (Phi) is 5.25. The van der Waals surface area contributed by atoms with Gasteiger partial charge in [-0.15, -0.1) is 0 Å². The van der Waals surface area contributed by atoms with Gasteiger partial charge in [-0.05, 0) is 49.8 Å². The number of rotatable bonds is 5. The second kappa shape index (κ2) is 8.27. The number of benzene rings is 3. The molecule has 0 spiro atoms. The van der Waals surface area contributed by atoms with E-state index in [9.17, 15) is 10.1 Å². The van der Waals surface area contributed by atoms with Gasteiger partial charge in [0.05, 0.1) is 16.0 Å². The smallest absolute Gasteiger partial charge is 0.270 e. The Morgan fingerprint density at radius 1 is 0.882 bits per heavy atom. The third kappa shape index (κ3) is 3.55. The summed E-state index contributed by atoms with van der Waals surface area (Å²) in [7, 11) is 2.02. The van der Waals surface area contributed by atoms with Crippen molar-refractivity contribution in [3.8, 4) is 16.9 Å². The molecule has 0 radical (unpaired) electrons. The predicted molar refractivity (Wildman–Crippen MR) is 137 cm³/mol. The number of hydrogen-bond acceptors (Lipinski definition) is 2. The summed E-state index contributed by atoms with van der Waals surface area (Å²) < 4.78 is 4.38. The largest absolute Gasteiger partial charge is 0.310 e. The van der Waals surface area contributed by atoms with Gasteiger partial charge in [-0.2, -0.15) is 4.58 Å². The Bertz CT molecular complexity index is 1450. The number of nitrogens with zero attached hydrogens (tertiary/aromatic N) is 3. The Labute approximate surface area is 199 Å². The standard InChI is InChI=1S/C29H26N3O2/c1-29(2)25-20-24(32(33)34)15-18-27(25)30(3)28(29)19-16-23-14-17-26(21-10-6-4-7-11-21)31(23)22-12-8-5-9-13-22/h4-20H,1-3H3/q+1. The number of hydrogen-bond donors (Lipinski definition) is 0. The van der Waals surface area contributed by atoms with Gasteiger partial charge in [0, 0.05) is 41.2 Å². The van der Waals surface area contributed by atoms with E-state index in [1.165, 1.54) is 0 Å². The molecule has 168 valence electrons. The monoisotopic (exact) mass is 448 g/mol. The van der Waals surface area contributed by atoms with Crippen molar-refractivity contribution in [2.24, 2.45) is 0 Å². The Morgan fingerprint density at radius 2 is 1.56 bits per heavy atom. The number of nitro groups is 1. The average Bonchev–Trinajstić information content (AvgIpc) is 3.35. The van der Waals surface area contributed by atoms with Gasteiger partial charge >= 0.3 is 0 Å². The van der Waals surface area contributed by atoms with Gasteiger partial charge in [0.15, 0.2) is 5.71 Å². The maximum absolute atomic E-state index is 11.3. The average molecular weight is 449 g/mol. The molecule has 5 rings (SSSR count). The lowest BCUT2D eigenvalue weighted by molar-refractivity contribution is -0.402. The van der Waals surface area contributed by atoms with Crippen LogP contribution in [0.1, 0.15) is 25.1 Å². The van der Waals surface area contributed by atoms with Gasteiger partial charge in [0.1, 0.15) is 7.05 Å². The zero-order valence-electron chi connectivity index (χ0n) is 19.5. The van der Waals surface area contributed by atoms with Crippen LogP contribution in [0.4, 0.5) is 11.4 Å². The molecule has 0 N–H and O–H groups in total. The van der Waals surface area contributed by atoms with Crippen LogP contribution < -0.4 is 0 Å². The first-order chi connectivity index (χ1) is 16.4. The molecule has 5 nitrogen and oxygen atoms in total. The minimum absolute atomic E-state index is 0.121. The lowest BCUT2D eigenvalue weighted by atomic mass is 9.81. The summed E-state index contributed by atoms with van der Waals surface area (Å²) in [5.74, 6) is 0. The van der Waals surface area contributed by atoms with Crippen LogP contribution in [0, 0.1) is 10.1 Å². The van der Waals surface area contributed by atoms with Crippen molar-refractivity contribution in [2.45, 2.75) is 19.3 Å². The van der Waals surface area contributed by atoms with Crippen LogP contribution in [0.2, 0.25) is 0 Å². The fraction of sp³-hybridized carbons (Fsp3) is 0.138. The number of aromatic nitrogens is 1. The fourth-order valence-corrected chi connectivity index (χ4v) is 4.88. The third-order valence-electron chi connectivity index (χ3n) is 6.63. The van der Waals surface area contributed by atoms with Crippen molar-refractivity contribution in [3.63, 3.8) is 0 Å². The van der Waals surface area contributed by atoms with E-state index in [-0.39, 0.29) is 16.0 Å². The Balaban J connectivity index is 1.60. The topological polar surface area (TPSA) is 51.1 Å². The Hall–Kier alpha value is -4.25. The lowest BCUT2D eigenvalue weighted by Gasteiger charge is -2.15. The first-order valence-corrected chi connectivity index (χ1v) is 11.3. The molecule has 1 aliphatic rings.